The Balaban J connectivity index is 1.79. The molecule has 2 N–H and O–H groups in total. The molecule has 2 rings (SSSR count). The van der Waals surface area contributed by atoms with Gasteiger partial charge in [0.15, 0.2) is 12.4 Å². The van der Waals surface area contributed by atoms with Crippen LogP contribution in [0.15, 0.2) is 36.5 Å². The van der Waals surface area contributed by atoms with Crippen LogP contribution in [0.4, 0.5) is 0 Å². The first-order chi connectivity index (χ1) is 11.0. The van der Waals surface area contributed by atoms with Gasteiger partial charge in [-0.3, -0.25) is 9.59 Å². The summed E-state index contributed by atoms with van der Waals surface area (Å²) in [5.74, 6) is -1.30. The van der Waals surface area contributed by atoms with Gasteiger partial charge in [0.05, 0.1) is 0 Å². The summed E-state index contributed by atoms with van der Waals surface area (Å²) in [4.78, 5) is 37.2. The van der Waals surface area contributed by atoms with E-state index in [0.717, 1.165) is 5.56 Å². The fraction of sp³-hybridized carbons (Fsp3) is 0.188. The number of amides is 1. The highest BCUT2D eigenvalue weighted by Gasteiger charge is 2.13. The number of aromatic nitrogens is 1. The van der Waals surface area contributed by atoms with Crippen molar-refractivity contribution in [2.24, 2.45) is 0 Å². The fourth-order valence-electron chi connectivity index (χ4n) is 1.82. The van der Waals surface area contributed by atoms with Crippen LogP contribution in [0.3, 0.4) is 0 Å². The number of nitrogens with one attached hydrogen (secondary N) is 2. The van der Waals surface area contributed by atoms with E-state index < -0.39 is 18.5 Å². The van der Waals surface area contributed by atoms with Gasteiger partial charge in [-0.1, -0.05) is 23.7 Å². The SMILES string of the molecule is CC(=O)c1c[nH]c(C(=O)OCC(=O)NCc2cccc(Cl)c2)c1. The molecule has 0 saturated heterocycles. The molecule has 23 heavy (non-hydrogen) atoms. The number of carbonyl (C=O) groups excluding carboxylic acids is 3. The Kier molecular flexibility index (Phi) is 5.54. The summed E-state index contributed by atoms with van der Waals surface area (Å²) in [6.45, 7) is 1.27. The first-order valence-corrected chi connectivity index (χ1v) is 7.21. The van der Waals surface area contributed by atoms with Crippen molar-refractivity contribution in [2.75, 3.05) is 6.61 Å². The van der Waals surface area contributed by atoms with Crippen molar-refractivity contribution < 1.29 is 19.1 Å². The smallest absolute Gasteiger partial charge is 0.355 e. The molecule has 0 aliphatic heterocycles. The summed E-state index contributed by atoms with van der Waals surface area (Å²) < 4.78 is 4.88. The van der Waals surface area contributed by atoms with Crippen LogP contribution in [-0.4, -0.2) is 29.3 Å². The standard InChI is InChI=1S/C16H15ClN2O4/c1-10(20)12-6-14(18-8-12)16(22)23-9-15(21)19-7-11-3-2-4-13(17)5-11/h2-6,8,18H,7,9H2,1H3,(H,19,21). The van der Waals surface area contributed by atoms with E-state index in [1.54, 1.807) is 18.2 Å². The lowest BCUT2D eigenvalue weighted by Gasteiger charge is -2.06. The van der Waals surface area contributed by atoms with E-state index in [1.165, 1.54) is 19.2 Å². The van der Waals surface area contributed by atoms with Crippen LogP contribution in [-0.2, 0) is 16.1 Å². The number of esters is 1. The van der Waals surface area contributed by atoms with Crippen molar-refractivity contribution in [1.29, 1.82) is 0 Å². The second-order valence-corrected chi connectivity index (χ2v) is 5.28. The summed E-state index contributed by atoms with van der Waals surface area (Å²) in [6, 6.07) is 8.45. The lowest BCUT2D eigenvalue weighted by molar-refractivity contribution is -0.124. The molecule has 0 saturated carbocycles. The minimum Gasteiger partial charge on any atom is -0.451 e. The number of aromatic amines is 1. The molecule has 0 atom stereocenters. The first-order valence-electron chi connectivity index (χ1n) is 6.83. The van der Waals surface area contributed by atoms with Gasteiger partial charge < -0.3 is 15.0 Å². The zero-order chi connectivity index (χ0) is 16.8. The van der Waals surface area contributed by atoms with Crippen LogP contribution in [0.5, 0.6) is 0 Å². The highest BCUT2D eigenvalue weighted by molar-refractivity contribution is 6.30. The number of carbonyl (C=O) groups is 3. The number of H-pyrrole nitrogens is 1. The Morgan fingerprint density at radius 1 is 1.26 bits per heavy atom. The van der Waals surface area contributed by atoms with Crippen LogP contribution in [0.2, 0.25) is 5.02 Å². The third kappa shape index (κ3) is 4.96. The largest absolute Gasteiger partial charge is 0.451 e. The van der Waals surface area contributed by atoms with Crippen molar-refractivity contribution >= 4 is 29.3 Å². The Labute approximate surface area is 137 Å². The number of hydrogen-bond donors (Lipinski definition) is 2. The monoisotopic (exact) mass is 334 g/mol. The molecule has 0 unspecified atom stereocenters. The maximum atomic E-state index is 11.7. The molecule has 0 radical (unpaired) electrons. The topological polar surface area (TPSA) is 88.3 Å². The van der Waals surface area contributed by atoms with Crippen LogP contribution >= 0.6 is 11.6 Å². The zero-order valence-electron chi connectivity index (χ0n) is 12.4. The zero-order valence-corrected chi connectivity index (χ0v) is 13.1. The molecule has 7 heteroatoms. The molecule has 120 valence electrons. The van der Waals surface area contributed by atoms with Gasteiger partial charge in [-0.2, -0.15) is 0 Å². The molecular formula is C16H15ClN2O4. The van der Waals surface area contributed by atoms with Gasteiger partial charge >= 0.3 is 5.97 Å². The van der Waals surface area contributed by atoms with E-state index >= 15 is 0 Å². The number of halogens is 1. The third-order valence-electron chi connectivity index (χ3n) is 3.02. The predicted molar refractivity (Wildman–Crippen MR) is 84.4 cm³/mol. The molecule has 1 amide bonds. The maximum absolute atomic E-state index is 11.7. The Hall–Kier alpha value is -2.60. The van der Waals surface area contributed by atoms with Crippen molar-refractivity contribution in [2.45, 2.75) is 13.5 Å². The molecule has 1 aromatic heterocycles. The van der Waals surface area contributed by atoms with Crippen LogP contribution in [0.1, 0.15) is 33.3 Å². The molecule has 0 spiro atoms. The lowest BCUT2D eigenvalue weighted by Crippen LogP contribution is -2.28. The molecule has 0 aliphatic rings. The van der Waals surface area contributed by atoms with Crippen molar-refractivity contribution in [3.63, 3.8) is 0 Å². The predicted octanol–water partition coefficient (Wildman–Crippen LogP) is 2.34. The van der Waals surface area contributed by atoms with Crippen LogP contribution in [0, 0.1) is 0 Å². The molecule has 1 aromatic carbocycles. The Bertz CT molecular complexity index is 739. The summed E-state index contributed by atoms with van der Waals surface area (Å²) in [7, 11) is 0. The highest BCUT2D eigenvalue weighted by Crippen LogP contribution is 2.10. The van der Waals surface area contributed by atoms with Gasteiger partial charge in [-0.05, 0) is 30.7 Å². The molecule has 1 heterocycles. The summed E-state index contributed by atoms with van der Waals surface area (Å²) in [6.07, 6.45) is 1.41. The summed E-state index contributed by atoms with van der Waals surface area (Å²) in [5.41, 5.74) is 1.34. The first kappa shape index (κ1) is 16.8. The highest BCUT2D eigenvalue weighted by atomic mass is 35.5. The van der Waals surface area contributed by atoms with Gasteiger partial charge in [-0.15, -0.1) is 0 Å². The van der Waals surface area contributed by atoms with Gasteiger partial charge in [0.1, 0.15) is 5.69 Å². The van der Waals surface area contributed by atoms with Crippen molar-refractivity contribution in [3.8, 4) is 0 Å². The van der Waals surface area contributed by atoms with E-state index in [0.29, 0.717) is 10.6 Å². The number of rotatable bonds is 6. The van der Waals surface area contributed by atoms with E-state index in [-0.39, 0.29) is 18.0 Å². The minimum atomic E-state index is -0.699. The van der Waals surface area contributed by atoms with Gasteiger partial charge in [-0.25, -0.2) is 4.79 Å². The second kappa shape index (κ2) is 7.60. The average molecular weight is 335 g/mol. The number of Topliss-reactive ketones (excluding diaryl/α,β-unsaturated/α-hetero) is 1. The Morgan fingerprint density at radius 3 is 2.70 bits per heavy atom. The van der Waals surface area contributed by atoms with Gasteiger partial charge in [0.25, 0.3) is 5.91 Å². The number of ketones is 1. The number of ether oxygens (including phenoxy) is 1. The summed E-state index contributed by atoms with van der Waals surface area (Å²) in [5, 5.41) is 3.20. The van der Waals surface area contributed by atoms with E-state index in [4.69, 9.17) is 16.3 Å². The third-order valence-corrected chi connectivity index (χ3v) is 3.26. The summed E-state index contributed by atoms with van der Waals surface area (Å²) >= 11 is 5.85. The lowest BCUT2D eigenvalue weighted by atomic mass is 10.2. The minimum absolute atomic E-state index is 0.123. The number of hydrogen-bond acceptors (Lipinski definition) is 4. The normalized spacial score (nSPS) is 10.2. The number of benzene rings is 1. The Morgan fingerprint density at radius 2 is 2.04 bits per heavy atom. The fourth-order valence-corrected chi connectivity index (χ4v) is 2.04. The van der Waals surface area contributed by atoms with E-state index in [1.807, 2.05) is 6.07 Å². The van der Waals surface area contributed by atoms with Crippen molar-refractivity contribution in [1.82, 2.24) is 10.3 Å². The molecular weight excluding hydrogens is 320 g/mol. The van der Waals surface area contributed by atoms with E-state index in [9.17, 15) is 14.4 Å². The molecule has 0 aliphatic carbocycles. The average Bonchev–Trinajstić information content (AvgIpc) is 3.01. The van der Waals surface area contributed by atoms with Crippen LogP contribution < -0.4 is 5.32 Å². The molecule has 0 fully saturated rings. The second-order valence-electron chi connectivity index (χ2n) is 4.84. The van der Waals surface area contributed by atoms with Gasteiger partial charge in [0.2, 0.25) is 0 Å². The quantitative estimate of drug-likeness (QED) is 0.627. The molecule has 6 nitrogen and oxygen atoms in total. The molecule has 2 aromatic rings. The van der Waals surface area contributed by atoms with E-state index in [2.05, 4.69) is 10.3 Å². The van der Waals surface area contributed by atoms with Crippen molar-refractivity contribution in [3.05, 3.63) is 58.4 Å². The van der Waals surface area contributed by atoms with Gasteiger partial charge in [0, 0.05) is 23.3 Å². The maximum Gasteiger partial charge on any atom is 0.355 e. The van der Waals surface area contributed by atoms with Crippen LogP contribution in [0.25, 0.3) is 0 Å². The molecule has 0 bridgehead atoms.